The minimum atomic E-state index is -3.96. The number of rotatable bonds is 11. The number of hydrogen-bond donors (Lipinski definition) is 1. The van der Waals surface area contributed by atoms with Gasteiger partial charge in [0.15, 0.2) is 0 Å². The zero-order chi connectivity index (χ0) is 27.8. The highest BCUT2D eigenvalue weighted by atomic mass is 32.2. The standard InChI is InChI=1S/C28H38N2O7S/c1-28(2,3)37-27(33)29-17-15-22(16-18-29)8-7-19-36-24-13-11-23(12-14-24)20-30(21-26(31)32)38(34,35)25-9-5-4-6-10-25/h4-6,9-14,22H,7-8,15-21H2,1-3H3,(H,31,32). The predicted octanol–water partition coefficient (Wildman–Crippen LogP) is 4.77. The van der Waals surface area contributed by atoms with Gasteiger partial charge in [-0.05, 0) is 82.2 Å². The zero-order valence-electron chi connectivity index (χ0n) is 22.3. The van der Waals surface area contributed by atoms with Crippen molar-refractivity contribution in [3.63, 3.8) is 0 Å². The molecule has 1 saturated heterocycles. The first-order chi connectivity index (χ1) is 17.9. The first kappa shape index (κ1) is 29.4. The summed E-state index contributed by atoms with van der Waals surface area (Å²) in [5, 5.41) is 9.26. The van der Waals surface area contributed by atoms with Gasteiger partial charge >= 0.3 is 12.1 Å². The quantitative estimate of drug-likeness (QED) is 0.404. The van der Waals surface area contributed by atoms with Crippen LogP contribution in [0.15, 0.2) is 59.5 Å². The van der Waals surface area contributed by atoms with Gasteiger partial charge in [-0.1, -0.05) is 30.3 Å². The number of nitrogens with zero attached hydrogens (tertiary/aromatic N) is 2. The van der Waals surface area contributed by atoms with Crippen LogP contribution in [0.25, 0.3) is 0 Å². The second-order valence-electron chi connectivity index (χ2n) is 10.5. The van der Waals surface area contributed by atoms with E-state index < -0.39 is 28.1 Å². The maximum atomic E-state index is 13.0. The molecule has 1 N–H and O–H groups in total. The lowest BCUT2D eigenvalue weighted by Crippen LogP contribution is -2.41. The fraction of sp³-hybridized carbons (Fsp3) is 0.500. The summed E-state index contributed by atoms with van der Waals surface area (Å²) in [5.41, 5.74) is 0.177. The van der Waals surface area contributed by atoms with Crippen molar-refractivity contribution in [1.29, 1.82) is 0 Å². The fourth-order valence-electron chi connectivity index (χ4n) is 4.31. The smallest absolute Gasteiger partial charge is 0.410 e. The first-order valence-electron chi connectivity index (χ1n) is 12.9. The topological polar surface area (TPSA) is 113 Å². The van der Waals surface area contributed by atoms with Crippen LogP contribution in [0.3, 0.4) is 0 Å². The Balaban J connectivity index is 1.44. The van der Waals surface area contributed by atoms with E-state index in [1.54, 1.807) is 47.4 Å². The van der Waals surface area contributed by atoms with Crippen LogP contribution in [0, 0.1) is 5.92 Å². The Hall–Kier alpha value is -3.11. The second-order valence-corrected chi connectivity index (χ2v) is 12.5. The average molecular weight is 547 g/mol. The van der Waals surface area contributed by atoms with E-state index >= 15 is 0 Å². The van der Waals surface area contributed by atoms with Crippen molar-refractivity contribution >= 4 is 22.1 Å². The van der Waals surface area contributed by atoms with Gasteiger partial charge in [0.25, 0.3) is 0 Å². The second kappa shape index (κ2) is 13.1. The van der Waals surface area contributed by atoms with Crippen LogP contribution < -0.4 is 4.74 Å². The van der Waals surface area contributed by atoms with Gasteiger partial charge in [0.1, 0.15) is 17.9 Å². The fourth-order valence-corrected chi connectivity index (χ4v) is 5.70. The minimum absolute atomic E-state index is 0.0525. The summed E-state index contributed by atoms with van der Waals surface area (Å²) in [5.74, 6) is -0.00406. The summed E-state index contributed by atoms with van der Waals surface area (Å²) in [6.45, 7) is 6.89. The monoisotopic (exact) mass is 546 g/mol. The Morgan fingerprint density at radius 1 is 1.03 bits per heavy atom. The molecule has 208 valence electrons. The molecular weight excluding hydrogens is 508 g/mol. The van der Waals surface area contributed by atoms with Crippen molar-refractivity contribution in [1.82, 2.24) is 9.21 Å². The molecule has 0 unspecified atom stereocenters. The Bertz CT molecular complexity index is 1150. The largest absolute Gasteiger partial charge is 0.494 e. The third kappa shape index (κ3) is 9.02. The van der Waals surface area contributed by atoms with Gasteiger partial charge in [-0.15, -0.1) is 0 Å². The molecule has 0 bridgehead atoms. The SMILES string of the molecule is CC(C)(C)OC(=O)N1CCC(CCCOc2ccc(CN(CC(=O)O)S(=O)(=O)c3ccccc3)cc2)CC1. The molecule has 10 heteroatoms. The molecule has 9 nitrogen and oxygen atoms in total. The molecule has 2 aromatic carbocycles. The molecule has 38 heavy (non-hydrogen) atoms. The van der Waals surface area contributed by atoms with Crippen LogP contribution >= 0.6 is 0 Å². The summed E-state index contributed by atoms with van der Waals surface area (Å²) in [6, 6.07) is 14.8. The molecule has 0 atom stereocenters. The third-order valence-corrected chi connectivity index (χ3v) is 8.07. The van der Waals surface area contributed by atoms with Crippen molar-refractivity contribution in [3.8, 4) is 5.75 Å². The van der Waals surface area contributed by atoms with E-state index in [9.17, 15) is 23.1 Å². The van der Waals surface area contributed by atoms with Gasteiger partial charge in [0.2, 0.25) is 10.0 Å². The number of ether oxygens (including phenoxy) is 2. The van der Waals surface area contributed by atoms with Crippen molar-refractivity contribution in [2.24, 2.45) is 5.92 Å². The Kier molecular flexibility index (Phi) is 10.2. The normalized spacial score (nSPS) is 14.9. The number of sulfonamides is 1. The van der Waals surface area contributed by atoms with E-state index in [2.05, 4.69) is 0 Å². The van der Waals surface area contributed by atoms with E-state index in [0.717, 1.165) is 30.0 Å². The Labute approximate surface area is 225 Å². The molecular formula is C28H38N2O7S. The van der Waals surface area contributed by atoms with Gasteiger partial charge in [0, 0.05) is 19.6 Å². The molecule has 0 aromatic heterocycles. The van der Waals surface area contributed by atoms with Crippen LogP contribution in [0.1, 0.15) is 52.0 Å². The van der Waals surface area contributed by atoms with E-state index in [1.807, 2.05) is 20.8 Å². The molecule has 3 rings (SSSR count). The molecule has 1 heterocycles. The lowest BCUT2D eigenvalue weighted by Gasteiger charge is -2.33. The highest BCUT2D eigenvalue weighted by Crippen LogP contribution is 2.24. The molecule has 1 fully saturated rings. The predicted molar refractivity (Wildman–Crippen MR) is 143 cm³/mol. The van der Waals surface area contributed by atoms with E-state index in [0.29, 0.717) is 36.9 Å². The van der Waals surface area contributed by atoms with Crippen molar-refractivity contribution < 1.29 is 32.6 Å². The lowest BCUT2D eigenvalue weighted by molar-refractivity contribution is -0.137. The van der Waals surface area contributed by atoms with Crippen LogP contribution in [-0.2, 0) is 26.1 Å². The number of likely N-dealkylation sites (tertiary alicyclic amines) is 1. The highest BCUT2D eigenvalue weighted by molar-refractivity contribution is 7.89. The Morgan fingerprint density at radius 3 is 2.24 bits per heavy atom. The molecule has 1 aliphatic heterocycles. The van der Waals surface area contributed by atoms with Crippen molar-refractivity contribution in [2.45, 2.75) is 63.5 Å². The molecule has 2 aromatic rings. The van der Waals surface area contributed by atoms with Gasteiger partial charge in [-0.25, -0.2) is 13.2 Å². The van der Waals surface area contributed by atoms with E-state index in [1.165, 1.54) is 12.1 Å². The van der Waals surface area contributed by atoms with Gasteiger partial charge < -0.3 is 19.5 Å². The third-order valence-electron chi connectivity index (χ3n) is 6.27. The van der Waals surface area contributed by atoms with Gasteiger partial charge in [-0.3, -0.25) is 4.79 Å². The van der Waals surface area contributed by atoms with Crippen molar-refractivity contribution in [3.05, 3.63) is 60.2 Å². The lowest BCUT2D eigenvalue weighted by atomic mass is 9.92. The first-order valence-corrected chi connectivity index (χ1v) is 14.3. The summed E-state index contributed by atoms with van der Waals surface area (Å²) in [4.78, 5) is 25.4. The van der Waals surface area contributed by atoms with Crippen LogP contribution in [-0.4, -0.2) is 66.6 Å². The maximum absolute atomic E-state index is 13.0. The molecule has 0 radical (unpaired) electrons. The van der Waals surface area contributed by atoms with Crippen LogP contribution in [0.2, 0.25) is 0 Å². The number of carbonyl (C=O) groups excluding carboxylic acids is 1. The molecule has 0 spiro atoms. The number of aliphatic carboxylic acids is 1. The molecule has 1 aliphatic rings. The van der Waals surface area contributed by atoms with Crippen molar-refractivity contribution in [2.75, 3.05) is 26.2 Å². The number of carboxylic acids is 1. The van der Waals surface area contributed by atoms with Gasteiger partial charge in [-0.2, -0.15) is 4.31 Å². The Morgan fingerprint density at radius 2 is 1.66 bits per heavy atom. The number of carbonyl (C=O) groups is 2. The number of amides is 1. The van der Waals surface area contributed by atoms with Crippen LogP contribution in [0.5, 0.6) is 5.75 Å². The minimum Gasteiger partial charge on any atom is -0.494 e. The summed E-state index contributed by atoms with van der Waals surface area (Å²) in [7, 11) is -3.96. The van der Waals surface area contributed by atoms with E-state index in [-0.39, 0.29) is 17.5 Å². The number of carboxylic acid groups (broad SMARTS) is 1. The molecule has 0 saturated carbocycles. The number of benzene rings is 2. The summed E-state index contributed by atoms with van der Waals surface area (Å²) in [6.07, 6.45) is 3.56. The maximum Gasteiger partial charge on any atom is 0.410 e. The average Bonchev–Trinajstić information content (AvgIpc) is 2.87. The summed E-state index contributed by atoms with van der Waals surface area (Å²) < 4.78 is 38.2. The molecule has 0 aliphatic carbocycles. The van der Waals surface area contributed by atoms with Gasteiger partial charge in [0.05, 0.1) is 11.5 Å². The number of piperidine rings is 1. The zero-order valence-corrected chi connectivity index (χ0v) is 23.2. The molecule has 1 amide bonds. The van der Waals surface area contributed by atoms with E-state index in [4.69, 9.17) is 9.47 Å². The van der Waals surface area contributed by atoms with Crippen LogP contribution in [0.4, 0.5) is 4.79 Å². The number of hydrogen-bond acceptors (Lipinski definition) is 6. The summed E-state index contributed by atoms with van der Waals surface area (Å²) >= 11 is 0. The highest BCUT2D eigenvalue weighted by Gasteiger charge is 2.28.